The van der Waals surface area contributed by atoms with E-state index in [9.17, 15) is 9.59 Å². The van der Waals surface area contributed by atoms with Crippen molar-refractivity contribution in [2.45, 2.75) is 52.1 Å². The summed E-state index contributed by atoms with van der Waals surface area (Å²) >= 11 is 0. The second-order valence-corrected chi connectivity index (χ2v) is 8.02. The van der Waals surface area contributed by atoms with Gasteiger partial charge in [0.2, 0.25) is 0 Å². The molecule has 1 saturated heterocycles. The summed E-state index contributed by atoms with van der Waals surface area (Å²) in [5, 5.41) is 2.92. The van der Waals surface area contributed by atoms with Crippen molar-refractivity contribution in [2.24, 2.45) is 5.92 Å². The number of urea groups is 1. The van der Waals surface area contributed by atoms with Gasteiger partial charge < -0.3 is 14.8 Å². The van der Waals surface area contributed by atoms with Gasteiger partial charge in [-0.1, -0.05) is 0 Å². The molecular weight excluding hydrogens is 358 g/mol. The van der Waals surface area contributed by atoms with Crippen molar-refractivity contribution < 1.29 is 19.1 Å². The minimum Gasteiger partial charge on any atom is -0.490 e. The molecule has 1 unspecified atom stereocenters. The molecule has 7 heteroatoms. The molecule has 28 heavy (non-hydrogen) atoms. The van der Waals surface area contributed by atoms with E-state index in [1.807, 2.05) is 26.8 Å². The zero-order valence-corrected chi connectivity index (χ0v) is 16.9. The number of hydrogen-bond acceptors (Lipinski definition) is 5. The molecule has 2 aliphatic heterocycles. The van der Waals surface area contributed by atoms with Crippen LogP contribution in [0.25, 0.3) is 0 Å². The highest BCUT2D eigenvalue weighted by Gasteiger charge is 2.56. The molecule has 1 aromatic rings. The number of carbonyl (C=O) groups excluding carboxylic acids is 2. The summed E-state index contributed by atoms with van der Waals surface area (Å²) in [6.45, 7) is 8.74. The van der Waals surface area contributed by atoms with Crippen molar-refractivity contribution in [2.75, 3.05) is 26.4 Å². The monoisotopic (exact) mass is 387 g/mol. The fourth-order valence-electron chi connectivity index (χ4n) is 4.26. The fraction of sp³-hybridized carbons (Fsp3) is 0.619. The summed E-state index contributed by atoms with van der Waals surface area (Å²) in [5.41, 5.74) is 1.68. The van der Waals surface area contributed by atoms with Crippen LogP contribution in [0.2, 0.25) is 0 Å². The summed E-state index contributed by atoms with van der Waals surface area (Å²) in [5.74, 6) is 1.72. The lowest BCUT2D eigenvalue weighted by atomic mass is 9.96. The molecule has 2 fully saturated rings. The van der Waals surface area contributed by atoms with Crippen LogP contribution in [0.15, 0.2) is 12.1 Å². The molecular formula is C21H29N3O4. The van der Waals surface area contributed by atoms with Crippen LogP contribution in [-0.2, 0) is 17.8 Å². The first-order valence-electron chi connectivity index (χ1n) is 10.2. The van der Waals surface area contributed by atoms with E-state index in [-0.39, 0.29) is 17.9 Å². The van der Waals surface area contributed by atoms with Gasteiger partial charge in [0.15, 0.2) is 11.5 Å². The molecule has 1 saturated carbocycles. The summed E-state index contributed by atoms with van der Waals surface area (Å²) in [6.07, 6.45) is 2.87. The Balaban J connectivity index is 1.49. The van der Waals surface area contributed by atoms with E-state index in [0.717, 1.165) is 42.9 Å². The zero-order chi connectivity index (χ0) is 19.9. The zero-order valence-electron chi connectivity index (χ0n) is 16.9. The van der Waals surface area contributed by atoms with Gasteiger partial charge in [-0.3, -0.25) is 9.69 Å². The first-order chi connectivity index (χ1) is 13.5. The lowest BCUT2D eigenvalue weighted by Crippen LogP contribution is -2.47. The van der Waals surface area contributed by atoms with E-state index in [2.05, 4.69) is 16.3 Å². The van der Waals surface area contributed by atoms with Gasteiger partial charge in [0.1, 0.15) is 5.54 Å². The Hall–Kier alpha value is -2.28. The summed E-state index contributed by atoms with van der Waals surface area (Å²) in [7, 11) is 0. The number of nitrogens with one attached hydrogen (secondary N) is 1. The molecule has 2 heterocycles. The smallest absolute Gasteiger partial charge is 0.326 e. The number of fused-ring (bicyclic) bond motifs is 1. The molecule has 3 amide bonds. The number of imide groups is 1. The molecule has 0 spiro atoms. The van der Waals surface area contributed by atoms with Gasteiger partial charge in [-0.05, 0) is 69.2 Å². The minimum absolute atomic E-state index is 0.0903. The van der Waals surface area contributed by atoms with Crippen molar-refractivity contribution in [1.29, 1.82) is 0 Å². The second kappa shape index (κ2) is 7.28. The van der Waals surface area contributed by atoms with Crippen LogP contribution in [0.5, 0.6) is 11.5 Å². The average molecular weight is 387 g/mol. The van der Waals surface area contributed by atoms with Gasteiger partial charge in [0, 0.05) is 13.1 Å². The fourth-order valence-corrected chi connectivity index (χ4v) is 4.26. The van der Waals surface area contributed by atoms with Gasteiger partial charge >= 0.3 is 6.03 Å². The third-order valence-corrected chi connectivity index (χ3v) is 5.99. The van der Waals surface area contributed by atoms with Gasteiger partial charge in [0.05, 0.1) is 19.9 Å². The third kappa shape index (κ3) is 3.32. The van der Waals surface area contributed by atoms with Crippen LogP contribution >= 0.6 is 0 Å². The Morgan fingerprint density at radius 1 is 1.11 bits per heavy atom. The third-order valence-electron chi connectivity index (χ3n) is 5.99. The van der Waals surface area contributed by atoms with Crippen LogP contribution in [0.3, 0.4) is 0 Å². The van der Waals surface area contributed by atoms with Gasteiger partial charge in [0.25, 0.3) is 5.91 Å². The highest BCUT2D eigenvalue weighted by molar-refractivity contribution is 6.07. The molecule has 1 aromatic carbocycles. The molecule has 1 aliphatic carbocycles. The Morgan fingerprint density at radius 2 is 1.75 bits per heavy atom. The minimum atomic E-state index is -0.723. The van der Waals surface area contributed by atoms with Crippen molar-refractivity contribution >= 4 is 11.9 Å². The quantitative estimate of drug-likeness (QED) is 0.728. The predicted molar refractivity (Wildman–Crippen MR) is 104 cm³/mol. The number of hydrogen-bond donors (Lipinski definition) is 1. The maximum absolute atomic E-state index is 12.9. The summed E-state index contributed by atoms with van der Waals surface area (Å²) in [6, 6.07) is 3.83. The van der Waals surface area contributed by atoms with E-state index >= 15 is 0 Å². The van der Waals surface area contributed by atoms with Gasteiger partial charge in [-0.15, -0.1) is 0 Å². The molecule has 4 rings (SSSR count). The molecule has 0 radical (unpaired) electrons. The normalized spacial score (nSPS) is 24.9. The molecule has 0 aromatic heterocycles. The standard InChI is InChI=1S/C21H29N3O4/c1-4-27-17-10-14-8-9-23(12-15(14)11-18(17)28-5-2)13-24-19(25)21(3,16-6-7-16)22-20(24)26/h10-11,16H,4-9,12-13H2,1-3H3,(H,22,26). The topological polar surface area (TPSA) is 71.1 Å². The number of benzene rings is 1. The van der Waals surface area contributed by atoms with Crippen LogP contribution in [0.4, 0.5) is 4.79 Å². The van der Waals surface area contributed by atoms with Gasteiger partial charge in [-0.25, -0.2) is 9.69 Å². The van der Waals surface area contributed by atoms with E-state index in [1.165, 1.54) is 10.5 Å². The largest absolute Gasteiger partial charge is 0.490 e. The van der Waals surface area contributed by atoms with E-state index < -0.39 is 5.54 Å². The molecule has 0 bridgehead atoms. The number of rotatable bonds is 7. The maximum Gasteiger partial charge on any atom is 0.326 e. The number of nitrogens with zero attached hydrogens (tertiary/aromatic N) is 2. The Kier molecular flexibility index (Phi) is 4.95. The molecule has 1 N–H and O–H groups in total. The average Bonchev–Trinajstić information content (AvgIpc) is 3.49. The molecule has 152 valence electrons. The van der Waals surface area contributed by atoms with E-state index in [1.54, 1.807) is 0 Å². The SMILES string of the molecule is CCOc1cc2c(cc1OCC)CN(CN1C(=O)NC(C)(C3CC3)C1=O)CC2. The highest BCUT2D eigenvalue weighted by Crippen LogP contribution is 2.42. The van der Waals surface area contributed by atoms with Crippen molar-refractivity contribution in [3.63, 3.8) is 0 Å². The van der Waals surface area contributed by atoms with Crippen LogP contribution in [-0.4, -0.2) is 53.7 Å². The van der Waals surface area contributed by atoms with E-state index in [0.29, 0.717) is 26.4 Å². The lowest BCUT2D eigenvalue weighted by Gasteiger charge is -2.32. The molecule has 7 nitrogen and oxygen atoms in total. The van der Waals surface area contributed by atoms with Crippen LogP contribution in [0, 0.1) is 5.92 Å². The summed E-state index contributed by atoms with van der Waals surface area (Å²) in [4.78, 5) is 28.8. The van der Waals surface area contributed by atoms with Crippen LogP contribution in [0.1, 0.15) is 44.7 Å². The van der Waals surface area contributed by atoms with E-state index in [4.69, 9.17) is 9.47 Å². The maximum atomic E-state index is 12.9. The van der Waals surface area contributed by atoms with Gasteiger partial charge in [-0.2, -0.15) is 0 Å². The highest BCUT2D eigenvalue weighted by atomic mass is 16.5. The van der Waals surface area contributed by atoms with Crippen molar-refractivity contribution in [1.82, 2.24) is 15.1 Å². The predicted octanol–water partition coefficient (Wildman–Crippen LogP) is 2.52. The Labute approximate surface area is 166 Å². The number of amides is 3. The number of carbonyl (C=O) groups is 2. The molecule has 1 atom stereocenters. The molecule has 3 aliphatic rings. The Bertz CT molecular complexity index is 792. The number of ether oxygens (including phenoxy) is 2. The second-order valence-electron chi connectivity index (χ2n) is 8.02. The van der Waals surface area contributed by atoms with Crippen molar-refractivity contribution in [3.05, 3.63) is 23.3 Å². The Morgan fingerprint density at radius 3 is 2.36 bits per heavy atom. The van der Waals surface area contributed by atoms with Crippen LogP contribution < -0.4 is 14.8 Å². The first kappa shape index (κ1) is 19.1. The lowest BCUT2D eigenvalue weighted by molar-refractivity contribution is -0.133. The van der Waals surface area contributed by atoms with Crippen molar-refractivity contribution in [3.8, 4) is 11.5 Å². The summed E-state index contributed by atoms with van der Waals surface area (Å²) < 4.78 is 11.5. The first-order valence-corrected chi connectivity index (χ1v) is 10.2.